The molecule has 0 bridgehead atoms. The summed E-state index contributed by atoms with van der Waals surface area (Å²) in [5.74, 6) is 1.72. The normalized spacial score (nSPS) is 11.1. The molecule has 3 heterocycles. The zero-order valence-electron chi connectivity index (χ0n) is 10.7. The van der Waals surface area contributed by atoms with Crippen LogP contribution in [0.4, 0.5) is 17.6 Å². The average molecular weight is 274 g/mol. The lowest BCUT2D eigenvalue weighted by molar-refractivity contribution is 0.771. The molecule has 0 saturated carbocycles. The van der Waals surface area contributed by atoms with Gasteiger partial charge in [-0.15, -0.1) is 11.3 Å². The fourth-order valence-electron chi connectivity index (χ4n) is 1.86. The number of aryl methyl sites for hydroxylation is 2. The Morgan fingerprint density at radius 1 is 1.42 bits per heavy atom. The van der Waals surface area contributed by atoms with Crippen LogP contribution in [0.25, 0.3) is 10.2 Å². The fourth-order valence-corrected chi connectivity index (χ4v) is 2.83. The van der Waals surface area contributed by atoms with Crippen molar-refractivity contribution >= 4 is 39.1 Å². The second kappa shape index (κ2) is 4.51. The Labute approximate surface area is 114 Å². The number of thiophene rings is 1. The van der Waals surface area contributed by atoms with Crippen LogP contribution in [0.1, 0.15) is 11.8 Å². The number of anilines is 3. The second-order valence-electron chi connectivity index (χ2n) is 4.22. The lowest BCUT2D eigenvalue weighted by Crippen LogP contribution is -2.01. The highest BCUT2D eigenvalue weighted by Gasteiger charge is 2.11. The Morgan fingerprint density at radius 2 is 2.26 bits per heavy atom. The summed E-state index contributed by atoms with van der Waals surface area (Å²) in [6.07, 6.45) is 2.85. The van der Waals surface area contributed by atoms with Crippen molar-refractivity contribution in [2.24, 2.45) is 7.05 Å². The summed E-state index contributed by atoms with van der Waals surface area (Å²) in [7, 11) is 1.87. The van der Waals surface area contributed by atoms with E-state index < -0.39 is 0 Å². The Hall–Kier alpha value is -2.15. The third-order valence-corrected chi connectivity index (χ3v) is 3.94. The molecule has 3 aromatic heterocycles. The van der Waals surface area contributed by atoms with Crippen molar-refractivity contribution in [3.8, 4) is 0 Å². The van der Waals surface area contributed by atoms with E-state index >= 15 is 0 Å². The summed E-state index contributed by atoms with van der Waals surface area (Å²) in [6.45, 7) is 2.12. The molecule has 0 aliphatic rings. The molecule has 6 nitrogen and oxygen atoms in total. The third kappa shape index (κ3) is 2.24. The van der Waals surface area contributed by atoms with Crippen LogP contribution < -0.4 is 11.1 Å². The van der Waals surface area contributed by atoms with E-state index in [1.165, 1.54) is 4.88 Å². The molecule has 0 aliphatic heterocycles. The highest BCUT2D eigenvalue weighted by atomic mass is 32.1. The minimum atomic E-state index is 0.274. The van der Waals surface area contributed by atoms with Gasteiger partial charge in [0.2, 0.25) is 5.95 Å². The summed E-state index contributed by atoms with van der Waals surface area (Å²) in [4.78, 5) is 10.7. The van der Waals surface area contributed by atoms with Gasteiger partial charge in [0.25, 0.3) is 0 Å². The van der Waals surface area contributed by atoms with Crippen LogP contribution in [-0.4, -0.2) is 19.7 Å². The molecule has 0 radical (unpaired) electrons. The van der Waals surface area contributed by atoms with Crippen LogP contribution in [0.2, 0.25) is 0 Å². The Bertz CT molecular complexity index is 729. The molecular weight excluding hydrogens is 260 g/mol. The van der Waals surface area contributed by atoms with Gasteiger partial charge in [0.1, 0.15) is 10.6 Å². The number of fused-ring (bicyclic) bond motifs is 1. The van der Waals surface area contributed by atoms with Crippen molar-refractivity contribution in [1.82, 2.24) is 19.7 Å². The van der Waals surface area contributed by atoms with Crippen LogP contribution >= 0.6 is 11.3 Å². The molecule has 19 heavy (non-hydrogen) atoms. The molecule has 3 rings (SSSR count). The quantitative estimate of drug-likeness (QED) is 0.766. The minimum Gasteiger partial charge on any atom is -0.368 e. The Balaban J connectivity index is 2.08. The SMILES string of the molecule is CCc1cc2c(Nc3ccn(C)n3)nc(N)nc2s1. The van der Waals surface area contributed by atoms with E-state index in [-0.39, 0.29) is 5.95 Å². The molecule has 0 aliphatic carbocycles. The smallest absolute Gasteiger partial charge is 0.223 e. The lowest BCUT2D eigenvalue weighted by atomic mass is 10.3. The maximum Gasteiger partial charge on any atom is 0.223 e. The van der Waals surface area contributed by atoms with E-state index in [0.29, 0.717) is 5.82 Å². The van der Waals surface area contributed by atoms with Crippen molar-refractivity contribution in [2.45, 2.75) is 13.3 Å². The monoisotopic (exact) mass is 274 g/mol. The predicted octanol–water partition coefficient (Wildman–Crippen LogP) is 2.31. The topological polar surface area (TPSA) is 81.7 Å². The highest BCUT2D eigenvalue weighted by Crippen LogP contribution is 2.31. The predicted molar refractivity (Wildman–Crippen MR) is 77.7 cm³/mol. The summed E-state index contributed by atoms with van der Waals surface area (Å²) in [5, 5.41) is 8.45. The van der Waals surface area contributed by atoms with Gasteiger partial charge in [-0.3, -0.25) is 4.68 Å². The maximum absolute atomic E-state index is 5.75. The van der Waals surface area contributed by atoms with E-state index in [0.717, 1.165) is 22.5 Å². The molecule has 0 unspecified atom stereocenters. The number of nitrogens with one attached hydrogen (secondary N) is 1. The maximum atomic E-state index is 5.75. The van der Waals surface area contributed by atoms with Gasteiger partial charge >= 0.3 is 0 Å². The Morgan fingerprint density at radius 3 is 2.95 bits per heavy atom. The molecule has 0 atom stereocenters. The van der Waals surface area contributed by atoms with E-state index in [2.05, 4.69) is 33.4 Å². The fraction of sp³-hybridized carbons (Fsp3) is 0.250. The highest BCUT2D eigenvalue weighted by molar-refractivity contribution is 7.18. The zero-order valence-corrected chi connectivity index (χ0v) is 11.5. The van der Waals surface area contributed by atoms with Gasteiger partial charge in [0.15, 0.2) is 5.82 Å². The van der Waals surface area contributed by atoms with Crippen LogP contribution in [-0.2, 0) is 13.5 Å². The van der Waals surface area contributed by atoms with Gasteiger partial charge in [0.05, 0.1) is 5.39 Å². The van der Waals surface area contributed by atoms with Crippen molar-refractivity contribution in [3.05, 3.63) is 23.2 Å². The van der Waals surface area contributed by atoms with Crippen LogP contribution in [0, 0.1) is 0 Å². The Kier molecular flexibility index (Phi) is 2.83. The van der Waals surface area contributed by atoms with E-state index in [1.807, 2.05) is 19.3 Å². The van der Waals surface area contributed by atoms with Crippen molar-refractivity contribution < 1.29 is 0 Å². The molecule has 98 valence electrons. The number of rotatable bonds is 3. The number of aromatic nitrogens is 4. The minimum absolute atomic E-state index is 0.274. The molecule has 0 aromatic carbocycles. The largest absolute Gasteiger partial charge is 0.368 e. The molecule has 0 fully saturated rings. The van der Waals surface area contributed by atoms with Gasteiger partial charge < -0.3 is 11.1 Å². The summed E-state index contributed by atoms with van der Waals surface area (Å²) < 4.78 is 1.73. The van der Waals surface area contributed by atoms with Gasteiger partial charge in [-0.25, -0.2) is 4.98 Å². The van der Waals surface area contributed by atoms with Gasteiger partial charge in [0, 0.05) is 24.2 Å². The van der Waals surface area contributed by atoms with Crippen molar-refractivity contribution in [3.63, 3.8) is 0 Å². The molecular formula is C12H14N6S. The van der Waals surface area contributed by atoms with Crippen molar-refractivity contribution in [1.29, 1.82) is 0 Å². The molecule has 0 amide bonds. The first-order valence-corrected chi connectivity index (χ1v) is 6.80. The second-order valence-corrected chi connectivity index (χ2v) is 5.33. The summed E-state index contributed by atoms with van der Waals surface area (Å²) in [5.41, 5.74) is 5.75. The van der Waals surface area contributed by atoms with Crippen molar-refractivity contribution in [2.75, 3.05) is 11.1 Å². The van der Waals surface area contributed by atoms with Gasteiger partial charge in [-0.2, -0.15) is 10.1 Å². The molecule has 3 N–H and O–H groups in total. The number of hydrogen-bond acceptors (Lipinski definition) is 6. The number of nitrogens with zero attached hydrogens (tertiary/aromatic N) is 4. The number of nitrogens with two attached hydrogens (primary N) is 1. The first-order chi connectivity index (χ1) is 9.15. The van der Waals surface area contributed by atoms with Crippen LogP contribution in [0.15, 0.2) is 18.3 Å². The lowest BCUT2D eigenvalue weighted by Gasteiger charge is -2.04. The molecule has 0 spiro atoms. The number of nitrogen functional groups attached to an aromatic ring is 1. The van der Waals surface area contributed by atoms with E-state index in [1.54, 1.807) is 16.0 Å². The zero-order chi connectivity index (χ0) is 13.4. The summed E-state index contributed by atoms with van der Waals surface area (Å²) in [6, 6.07) is 3.99. The average Bonchev–Trinajstić information content (AvgIpc) is 2.95. The van der Waals surface area contributed by atoms with Crippen LogP contribution in [0.5, 0.6) is 0 Å². The molecule has 3 aromatic rings. The van der Waals surface area contributed by atoms with Gasteiger partial charge in [-0.1, -0.05) is 6.92 Å². The van der Waals surface area contributed by atoms with E-state index in [9.17, 15) is 0 Å². The van der Waals surface area contributed by atoms with Gasteiger partial charge in [-0.05, 0) is 12.5 Å². The van der Waals surface area contributed by atoms with Crippen LogP contribution in [0.3, 0.4) is 0 Å². The first kappa shape index (κ1) is 11.9. The summed E-state index contributed by atoms with van der Waals surface area (Å²) >= 11 is 1.64. The standard InChI is InChI=1S/C12H14N6S/c1-3-7-6-8-10(14-9-4-5-18(2)17-9)15-12(13)16-11(8)19-7/h4-6H,3H2,1-2H3,(H3,13,14,15,16,17). The van der Waals surface area contributed by atoms with E-state index in [4.69, 9.17) is 5.73 Å². The first-order valence-electron chi connectivity index (χ1n) is 5.98. The molecule has 0 saturated heterocycles. The third-order valence-electron chi connectivity index (χ3n) is 2.77. The molecule has 7 heteroatoms. The number of hydrogen-bond donors (Lipinski definition) is 2.